The molecule has 1 spiro atoms. The minimum Gasteiger partial charge on any atom is -0.428 e. The molecular weight excluding hydrogens is 294 g/mol. The zero-order valence-corrected chi connectivity index (χ0v) is 13.1. The Balaban J connectivity index is 2.08. The quantitative estimate of drug-likeness (QED) is 0.529. The maximum Gasteiger partial charge on any atom is 0.307 e. The summed E-state index contributed by atoms with van der Waals surface area (Å²) in [7, 11) is 0. The zero-order chi connectivity index (χ0) is 16.4. The molecule has 1 aliphatic carbocycles. The van der Waals surface area contributed by atoms with E-state index >= 15 is 0 Å². The number of Topliss-reactive ketones (excluding diaryl/α,β-unsaturated/α-hetero) is 1. The van der Waals surface area contributed by atoms with Gasteiger partial charge in [-0.1, -0.05) is 49.6 Å². The first kappa shape index (κ1) is 15.5. The van der Waals surface area contributed by atoms with Crippen molar-refractivity contribution in [2.45, 2.75) is 44.6 Å². The lowest BCUT2D eigenvalue weighted by Gasteiger charge is -2.34. The first-order valence-corrected chi connectivity index (χ1v) is 7.89. The summed E-state index contributed by atoms with van der Waals surface area (Å²) in [6.07, 6.45) is 4.31. The Morgan fingerprint density at radius 3 is 2.35 bits per heavy atom. The van der Waals surface area contributed by atoms with Crippen molar-refractivity contribution >= 4 is 17.7 Å². The van der Waals surface area contributed by atoms with Crippen molar-refractivity contribution in [3.63, 3.8) is 0 Å². The average molecular weight is 313 g/mol. The molecule has 0 aromatic heterocycles. The molecule has 0 atom stereocenters. The largest absolute Gasteiger partial charge is 0.428 e. The predicted octanol–water partition coefficient (Wildman–Crippen LogP) is 2.52. The van der Waals surface area contributed by atoms with Gasteiger partial charge in [0.25, 0.3) is 5.91 Å². The summed E-state index contributed by atoms with van der Waals surface area (Å²) in [6, 6.07) is 8.58. The van der Waals surface area contributed by atoms with Crippen molar-refractivity contribution in [3.05, 3.63) is 47.2 Å². The molecule has 0 radical (unpaired) electrons. The first-order chi connectivity index (χ1) is 11.0. The lowest BCUT2D eigenvalue weighted by molar-refractivity contribution is -0.138. The third-order valence-electron chi connectivity index (χ3n) is 4.46. The maximum absolute atomic E-state index is 12.8. The van der Waals surface area contributed by atoms with Crippen molar-refractivity contribution in [2.24, 2.45) is 0 Å². The standard InChI is InChI=1S/C18H19NO4/c1-12(20)23-16-14(15(21)13-8-4-2-5-9-13)17(22)19-18(16)10-6-3-7-11-18/h2,4-5,8-9H,3,6-7,10-11H2,1H3,(H,19,22). The molecule has 0 bridgehead atoms. The van der Waals surface area contributed by atoms with E-state index in [0.717, 1.165) is 19.3 Å². The highest BCUT2D eigenvalue weighted by Crippen LogP contribution is 2.41. The number of hydrogen-bond donors (Lipinski definition) is 1. The van der Waals surface area contributed by atoms with Gasteiger partial charge in [-0.3, -0.25) is 14.4 Å². The second-order valence-electron chi connectivity index (χ2n) is 6.09. The van der Waals surface area contributed by atoms with E-state index < -0.39 is 23.2 Å². The molecule has 1 aliphatic heterocycles. The number of esters is 1. The maximum atomic E-state index is 12.8. The van der Waals surface area contributed by atoms with Crippen LogP contribution in [0.3, 0.4) is 0 Å². The molecule has 1 heterocycles. The summed E-state index contributed by atoms with van der Waals surface area (Å²) in [4.78, 5) is 36.8. The fourth-order valence-electron chi connectivity index (χ4n) is 3.42. The van der Waals surface area contributed by atoms with Gasteiger partial charge >= 0.3 is 5.97 Å². The van der Waals surface area contributed by atoms with E-state index in [1.165, 1.54) is 6.92 Å². The van der Waals surface area contributed by atoms with Crippen LogP contribution in [0.5, 0.6) is 0 Å². The topological polar surface area (TPSA) is 72.5 Å². The number of ketones is 1. The highest BCUT2D eigenvalue weighted by molar-refractivity contribution is 6.27. The van der Waals surface area contributed by atoms with Gasteiger partial charge in [0.15, 0.2) is 0 Å². The Labute approximate surface area is 134 Å². The SMILES string of the molecule is CC(=O)OC1=C(C(=O)c2ccccc2)C(=O)NC12CCCCC2. The molecule has 120 valence electrons. The van der Waals surface area contributed by atoms with Crippen LogP contribution in [0.25, 0.3) is 0 Å². The van der Waals surface area contributed by atoms with Gasteiger partial charge in [-0.05, 0) is 12.8 Å². The molecule has 1 aromatic carbocycles. The number of ether oxygens (including phenoxy) is 1. The molecule has 1 fully saturated rings. The molecule has 2 aliphatic rings. The summed E-state index contributed by atoms with van der Waals surface area (Å²) < 4.78 is 5.37. The van der Waals surface area contributed by atoms with Gasteiger partial charge in [0.1, 0.15) is 11.3 Å². The average Bonchev–Trinajstić information content (AvgIpc) is 2.79. The minimum atomic E-state index is -0.708. The Morgan fingerprint density at radius 2 is 1.74 bits per heavy atom. The summed E-state index contributed by atoms with van der Waals surface area (Å²) in [5, 5.41) is 2.91. The number of amides is 1. The number of rotatable bonds is 3. The highest BCUT2D eigenvalue weighted by atomic mass is 16.5. The fraction of sp³-hybridized carbons (Fsp3) is 0.389. The molecule has 1 saturated carbocycles. The highest BCUT2D eigenvalue weighted by Gasteiger charge is 2.49. The van der Waals surface area contributed by atoms with E-state index in [-0.39, 0.29) is 11.3 Å². The molecule has 0 unspecified atom stereocenters. The van der Waals surface area contributed by atoms with E-state index in [2.05, 4.69) is 5.32 Å². The third kappa shape index (κ3) is 2.79. The zero-order valence-electron chi connectivity index (χ0n) is 13.1. The predicted molar refractivity (Wildman–Crippen MR) is 83.5 cm³/mol. The fourth-order valence-corrected chi connectivity index (χ4v) is 3.42. The second-order valence-corrected chi connectivity index (χ2v) is 6.09. The normalized spacial score (nSPS) is 19.6. The van der Waals surface area contributed by atoms with Crippen molar-refractivity contribution < 1.29 is 19.1 Å². The summed E-state index contributed by atoms with van der Waals surface area (Å²) in [5.41, 5.74) is -0.329. The van der Waals surface area contributed by atoms with Crippen molar-refractivity contribution in [1.82, 2.24) is 5.32 Å². The number of hydrogen-bond acceptors (Lipinski definition) is 4. The van der Waals surface area contributed by atoms with Crippen LogP contribution in [0.4, 0.5) is 0 Å². The van der Waals surface area contributed by atoms with Gasteiger partial charge in [-0.2, -0.15) is 0 Å². The molecule has 3 rings (SSSR count). The molecule has 0 saturated heterocycles. The Kier molecular flexibility index (Phi) is 4.03. The van der Waals surface area contributed by atoms with Gasteiger partial charge in [0, 0.05) is 12.5 Å². The number of carbonyl (C=O) groups excluding carboxylic acids is 3. The molecule has 1 aromatic rings. The lowest BCUT2D eigenvalue weighted by Crippen LogP contribution is -2.46. The Hall–Kier alpha value is -2.43. The molecule has 5 nitrogen and oxygen atoms in total. The van der Waals surface area contributed by atoms with Crippen molar-refractivity contribution in [1.29, 1.82) is 0 Å². The van der Waals surface area contributed by atoms with Crippen LogP contribution in [0.1, 0.15) is 49.4 Å². The van der Waals surface area contributed by atoms with Crippen LogP contribution >= 0.6 is 0 Å². The van der Waals surface area contributed by atoms with Crippen molar-refractivity contribution in [2.75, 3.05) is 0 Å². The van der Waals surface area contributed by atoms with Crippen LogP contribution in [0, 0.1) is 0 Å². The van der Waals surface area contributed by atoms with E-state index in [0.29, 0.717) is 18.4 Å². The van der Waals surface area contributed by atoms with Crippen molar-refractivity contribution in [3.8, 4) is 0 Å². The number of benzene rings is 1. The third-order valence-corrected chi connectivity index (χ3v) is 4.46. The van der Waals surface area contributed by atoms with Gasteiger partial charge in [0.2, 0.25) is 5.78 Å². The van der Waals surface area contributed by atoms with Gasteiger partial charge in [0.05, 0.1) is 5.54 Å². The molecule has 1 N–H and O–H groups in total. The van der Waals surface area contributed by atoms with Gasteiger partial charge < -0.3 is 10.1 Å². The summed E-state index contributed by atoms with van der Waals surface area (Å²) in [5.74, 6) is -1.15. The van der Waals surface area contributed by atoms with E-state index in [1.807, 2.05) is 0 Å². The van der Waals surface area contributed by atoms with Gasteiger partial charge in [-0.25, -0.2) is 0 Å². The smallest absolute Gasteiger partial charge is 0.307 e. The number of nitrogens with one attached hydrogen (secondary N) is 1. The monoisotopic (exact) mass is 313 g/mol. The van der Waals surface area contributed by atoms with E-state index in [4.69, 9.17) is 4.74 Å². The van der Waals surface area contributed by atoms with Crippen LogP contribution < -0.4 is 5.32 Å². The Morgan fingerprint density at radius 1 is 1.09 bits per heavy atom. The van der Waals surface area contributed by atoms with Crippen LogP contribution in [0.15, 0.2) is 41.7 Å². The van der Waals surface area contributed by atoms with Gasteiger partial charge in [-0.15, -0.1) is 0 Å². The number of carbonyl (C=O) groups is 3. The van der Waals surface area contributed by atoms with E-state index in [1.54, 1.807) is 30.3 Å². The van der Waals surface area contributed by atoms with Crippen LogP contribution in [-0.4, -0.2) is 23.2 Å². The molecule has 5 heteroatoms. The minimum absolute atomic E-state index is 0.0340. The second kappa shape index (κ2) is 5.99. The molecular formula is C18H19NO4. The van der Waals surface area contributed by atoms with E-state index in [9.17, 15) is 14.4 Å². The summed E-state index contributed by atoms with van der Waals surface area (Å²) in [6.45, 7) is 1.29. The molecule has 1 amide bonds. The Bertz CT molecular complexity index is 684. The van der Waals surface area contributed by atoms with Crippen LogP contribution in [-0.2, 0) is 14.3 Å². The summed E-state index contributed by atoms with van der Waals surface area (Å²) >= 11 is 0. The molecule has 23 heavy (non-hydrogen) atoms. The first-order valence-electron chi connectivity index (χ1n) is 7.89. The lowest BCUT2D eigenvalue weighted by atomic mass is 9.80. The van der Waals surface area contributed by atoms with Crippen LogP contribution in [0.2, 0.25) is 0 Å².